The molecule has 0 unspecified atom stereocenters. The molecule has 0 radical (unpaired) electrons. The molecule has 0 atom stereocenters. The minimum atomic E-state index is -0.138. The van der Waals surface area contributed by atoms with Crippen molar-refractivity contribution in [3.63, 3.8) is 0 Å². The van der Waals surface area contributed by atoms with Gasteiger partial charge in [0.2, 0.25) is 0 Å². The zero-order chi connectivity index (χ0) is 14.0. The van der Waals surface area contributed by atoms with E-state index in [9.17, 15) is 9.90 Å². The zero-order valence-electron chi connectivity index (χ0n) is 10.9. The van der Waals surface area contributed by atoms with Gasteiger partial charge in [-0.15, -0.1) is 0 Å². The molecule has 0 aliphatic rings. The number of phenols is 1. The Hall–Kier alpha value is -2.49. The summed E-state index contributed by atoms with van der Waals surface area (Å²) in [4.78, 5) is 13.9. The van der Waals surface area contributed by atoms with Crippen LogP contribution in [-0.2, 0) is 0 Å². The molecule has 4 nitrogen and oxygen atoms in total. The number of hydrogen-bond donors (Lipinski definition) is 2. The molecule has 0 aliphatic heterocycles. The molecule has 0 fully saturated rings. The normalized spacial score (nSPS) is 10.2. The topological polar surface area (TPSA) is 66.6 Å². The van der Waals surface area contributed by atoms with Crippen molar-refractivity contribution in [2.45, 2.75) is 6.92 Å². The van der Waals surface area contributed by atoms with Crippen LogP contribution in [0.2, 0.25) is 0 Å². The highest BCUT2D eigenvalue weighted by Gasteiger charge is 2.14. The lowest BCUT2D eigenvalue weighted by Gasteiger charge is -2.18. The largest absolute Gasteiger partial charge is 0.508 e. The number of aromatic hydroxyl groups is 1. The number of nitrogen functional groups attached to an aromatic ring is 1. The van der Waals surface area contributed by atoms with Crippen LogP contribution in [0.15, 0.2) is 42.5 Å². The first-order valence-electron chi connectivity index (χ1n) is 5.91. The van der Waals surface area contributed by atoms with Crippen molar-refractivity contribution in [1.82, 2.24) is 0 Å². The smallest absolute Gasteiger partial charge is 0.258 e. The van der Waals surface area contributed by atoms with Crippen molar-refractivity contribution < 1.29 is 9.90 Å². The summed E-state index contributed by atoms with van der Waals surface area (Å²) in [6.07, 6.45) is 0. The van der Waals surface area contributed by atoms with Gasteiger partial charge in [-0.3, -0.25) is 4.79 Å². The number of benzene rings is 2. The number of hydrogen-bond acceptors (Lipinski definition) is 3. The highest BCUT2D eigenvalue weighted by molar-refractivity contribution is 6.06. The van der Waals surface area contributed by atoms with Crippen LogP contribution in [-0.4, -0.2) is 18.1 Å². The summed E-state index contributed by atoms with van der Waals surface area (Å²) in [5.74, 6) is 0.0329. The van der Waals surface area contributed by atoms with Gasteiger partial charge in [-0.05, 0) is 55.0 Å². The zero-order valence-corrected chi connectivity index (χ0v) is 10.9. The van der Waals surface area contributed by atoms with Crippen LogP contribution in [0.1, 0.15) is 15.9 Å². The Balaban J connectivity index is 2.30. The first-order chi connectivity index (χ1) is 8.97. The SMILES string of the molecule is Cc1cc(N)cc(C(=O)N(C)c2ccc(O)cc2)c1. The third-order valence-electron chi connectivity index (χ3n) is 2.89. The second kappa shape index (κ2) is 5.02. The molecule has 0 aliphatic carbocycles. The Morgan fingerprint density at radius 1 is 1.16 bits per heavy atom. The lowest BCUT2D eigenvalue weighted by Crippen LogP contribution is -2.26. The van der Waals surface area contributed by atoms with E-state index < -0.39 is 0 Å². The molecule has 0 bridgehead atoms. The Bertz CT molecular complexity index is 586. The van der Waals surface area contributed by atoms with E-state index in [1.54, 1.807) is 43.4 Å². The third-order valence-corrected chi connectivity index (χ3v) is 2.89. The van der Waals surface area contributed by atoms with Crippen molar-refractivity contribution in [1.29, 1.82) is 0 Å². The summed E-state index contributed by atoms with van der Waals surface area (Å²) in [6, 6.07) is 11.7. The monoisotopic (exact) mass is 256 g/mol. The van der Waals surface area contributed by atoms with Crippen molar-refractivity contribution in [3.05, 3.63) is 53.6 Å². The van der Waals surface area contributed by atoms with Crippen LogP contribution in [0.4, 0.5) is 11.4 Å². The highest BCUT2D eigenvalue weighted by Crippen LogP contribution is 2.20. The fourth-order valence-electron chi connectivity index (χ4n) is 1.92. The maximum Gasteiger partial charge on any atom is 0.258 e. The number of nitrogens with two attached hydrogens (primary N) is 1. The molecule has 0 aromatic heterocycles. The molecule has 0 spiro atoms. The van der Waals surface area contributed by atoms with Crippen LogP contribution in [0.5, 0.6) is 5.75 Å². The van der Waals surface area contributed by atoms with E-state index in [1.807, 2.05) is 13.0 Å². The Morgan fingerprint density at radius 2 is 1.79 bits per heavy atom. The van der Waals surface area contributed by atoms with Crippen LogP contribution in [0.3, 0.4) is 0 Å². The van der Waals surface area contributed by atoms with Gasteiger partial charge in [0.25, 0.3) is 5.91 Å². The average molecular weight is 256 g/mol. The summed E-state index contributed by atoms with van der Waals surface area (Å²) in [6.45, 7) is 1.90. The molecule has 2 rings (SSSR count). The van der Waals surface area contributed by atoms with Gasteiger partial charge in [0, 0.05) is 24.0 Å². The van der Waals surface area contributed by atoms with Gasteiger partial charge in [-0.25, -0.2) is 0 Å². The van der Waals surface area contributed by atoms with E-state index in [0.717, 1.165) is 5.56 Å². The van der Waals surface area contributed by atoms with Crippen LogP contribution in [0, 0.1) is 6.92 Å². The van der Waals surface area contributed by atoms with Gasteiger partial charge in [0.05, 0.1) is 0 Å². The Labute approximate surface area is 112 Å². The van der Waals surface area contributed by atoms with E-state index in [0.29, 0.717) is 16.9 Å². The summed E-state index contributed by atoms with van der Waals surface area (Å²) in [5.41, 5.74) is 8.53. The van der Waals surface area contributed by atoms with Crippen molar-refractivity contribution in [2.24, 2.45) is 0 Å². The lowest BCUT2D eigenvalue weighted by molar-refractivity contribution is 0.0993. The summed E-state index contributed by atoms with van der Waals surface area (Å²) < 4.78 is 0. The standard InChI is InChI=1S/C15H16N2O2/c1-10-7-11(9-12(16)8-10)15(19)17(2)13-3-5-14(18)6-4-13/h3-9,18H,16H2,1-2H3. The molecule has 4 heteroatoms. The number of anilines is 2. The van der Waals surface area contributed by atoms with Crippen LogP contribution in [0.25, 0.3) is 0 Å². The van der Waals surface area contributed by atoms with Crippen molar-refractivity contribution in [2.75, 3.05) is 17.7 Å². The van der Waals surface area contributed by atoms with Crippen LogP contribution >= 0.6 is 0 Å². The molecule has 2 aromatic carbocycles. The molecule has 0 saturated heterocycles. The van der Waals surface area contributed by atoms with E-state index in [-0.39, 0.29) is 11.7 Å². The average Bonchev–Trinajstić information content (AvgIpc) is 2.37. The van der Waals surface area contributed by atoms with Gasteiger partial charge in [-0.1, -0.05) is 0 Å². The maximum atomic E-state index is 12.3. The number of carbonyl (C=O) groups is 1. The Kier molecular flexibility index (Phi) is 3.42. The quantitative estimate of drug-likeness (QED) is 0.811. The van der Waals surface area contributed by atoms with Gasteiger partial charge < -0.3 is 15.7 Å². The van der Waals surface area contributed by atoms with Gasteiger partial charge in [0.1, 0.15) is 5.75 Å². The van der Waals surface area contributed by atoms with Gasteiger partial charge in [0.15, 0.2) is 0 Å². The fourth-order valence-corrected chi connectivity index (χ4v) is 1.92. The molecule has 0 heterocycles. The molecule has 98 valence electrons. The summed E-state index contributed by atoms with van der Waals surface area (Å²) in [7, 11) is 1.69. The van der Waals surface area contributed by atoms with Gasteiger partial charge in [-0.2, -0.15) is 0 Å². The Morgan fingerprint density at radius 3 is 2.37 bits per heavy atom. The predicted molar refractivity (Wildman–Crippen MR) is 76.4 cm³/mol. The third kappa shape index (κ3) is 2.85. The second-order valence-corrected chi connectivity index (χ2v) is 4.51. The summed E-state index contributed by atoms with van der Waals surface area (Å²) in [5, 5.41) is 9.25. The van der Waals surface area contributed by atoms with E-state index in [1.165, 1.54) is 4.90 Å². The minimum Gasteiger partial charge on any atom is -0.508 e. The predicted octanol–water partition coefficient (Wildman–Crippen LogP) is 2.56. The van der Waals surface area contributed by atoms with Crippen LogP contribution < -0.4 is 10.6 Å². The number of rotatable bonds is 2. The summed E-state index contributed by atoms with van der Waals surface area (Å²) >= 11 is 0. The second-order valence-electron chi connectivity index (χ2n) is 4.51. The van der Waals surface area contributed by atoms with E-state index in [2.05, 4.69) is 0 Å². The van der Waals surface area contributed by atoms with E-state index >= 15 is 0 Å². The lowest BCUT2D eigenvalue weighted by atomic mass is 10.1. The number of nitrogens with zero attached hydrogens (tertiary/aromatic N) is 1. The van der Waals surface area contributed by atoms with Crippen molar-refractivity contribution >= 4 is 17.3 Å². The molecule has 0 saturated carbocycles. The number of phenolic OH excluding ortho intramolecular Hbond substituents is 1. The van der Waals surface area contributed by atoms with Gasteiger partial charge >= 0.3 is 0 Å². The molecular weight excluding hydrogens is 240 g/mol. The molecule has 19 heavy (non-hydrogen) atoms. The number of aryl methyl sites for hydroxylation is 1. The van der Waals surface area contributed by atoms with Crippen molar-refractivity contribution in [3.8, 4) is 5.75 Å². The van der Waals surface area contributed by atoms with E-state index in [4.69, 9.17) is 5.73 Å². The molecule has 2 aromatic rings. The minimum absolute atomic E-state index is 0.138. The maximum absolute atomic E-state index is 12.3. The molecule has 3 N–H and O–H groups in total. The first-order valence-corrected chi connectivity index (χ1v) is 5.91. The first kappa shape index (κ1) is 13.0. The number of amides is 1. The highest BCUT2D eigenvalue weighted by atomic mass is 16.3. The fraction of sp³-hybridized carbons (Fsp3) is 0.133. The molecule has 1 amide bonds. The molecular formula is C15H16N2O2. The number of carbonyl (C=O) groups excluding carboxylic acids is 1.